The Morgan fingerprint density at radius 1 is 0.565 bits per heavy atom. The van der Waals surface area contributed by atoms with Gasteiger partial charge in [-0.25, -0.2) is 0 Å². The van der Waals surface area contributed by atoms with Crippen LogP contribution >= 0.6 is 0 Å². The van der Waals surface area contributed by atoms with Gasteiger partial charge in [0, 0.05) is 0 Å². The number of aryl methyl sites for hydroxylation is 2. The fourth-order valence-electron chi connectivity index (χ4n) is 3.40. The van der Waals surface area contributed by atoms with Gasteiger partial charge in [-0.2, -0.15) is 0 Å². The lowest BCUT2D eigenvalue weighted by Crippen LogP contribution is -1.89. The van der Waals surface area contributed by atoms with E-state index in [0.29, 0.717) is 0 Å². The zero-order valence-corrected chi connectivity index (χ0v) is 15.9. The Labute approximate surface area is 146 Å². The molecule has 0 heteroatoms. The van der Waals surface area contributed by atoms with Crippen LogP contribution in [0.4, 0.5) is 0 Å². The molecule has 0 N–H and O–H groups in total. The molecule has 0 saturated carbocycles. The zero-order valence-electron chi connectivity index (χ0n) is 15.9. The summed E-state index contributed by atoms with van der Waals surface area (Å²) >= 11 is 0. The first-order valence-electron chi connectivity index (χ1n) is 10.4. The minimum atomic E-state index is 1.27. The molecule has 0 nitrogen and oxygen atoms in total. The van der Waals surface area contributed by atoms with Crippen molar-refractivity contribution in [1.82, 2.24) is 0 Å². The molecule has 0 aliphatic carbocycles. The summed E-state index contributed by atoms with van der Waals surface area (Å²) in [6.45, 7) is 4.53. The van der Waals surface area contributed by atoms with Gasteiger partial charge in [-0.3, -0.25) is 0 Å². The largest absolute Gasteiger partial charge is 0.0654 e. The van der Waals surface area contributed by atoms with Crippen LogP contribution in [0.2, 0.25) is 0 Å². The van der Waals surface area contributed by atoms with Crippen LogP contribution in [0.3, 0.4) is 0 Å². The second-order valence-electron chi connectivity index (χ2n) is 7.27. The summed E-state index contributed by atoms with van der Waals surface area (Å²) in [4.78, 5) is 0. The maximum absolute atomic E-state index is 2.29. The summed E-state index contributed by atoms with van der Waals surface area (Å²) in [5, 5.41) is 0. The molecule has 0 aromatic heterocycles. The van der Waals surface area contributed by atoms with Crippen molar-refractivity contribution in [2.45, 2.75) is 110 Å². The van der Waals surface area contributed by atoms with E-state index in [1.807, 2.05) is 0 Å². The first-order valence-corrected chi connectivity index (χ1v) is 10.4. The lowest BCUT2D eigenvalue weighted by molar-refractivity contribution is 0.535. The van der Waals surface area contributed by atoms with E-state index in [9.17, 15) is 0 Å². The summed E-state index contributed by atoms with van der Waals surface area (Å²) in [7, 11) is 0. The van der Waals surface area contributed by atoms with Gasteiger partial charge in [0.2, 0.25) is 0 Å². The zero-order chi connectivity index (χ0) is 16.6. The van der Waals surface area contributed by atoms with Gasteiger partial charge in [0.05, 0.1) is 0 Å². The molecule has 0 amide bonds. The van der Waals surface area contributed by atoms with Gasteiger partial charge in [0.1, 0.15) is 0 Å². The van der Waals surface area contributed by atoms with Crippen molar-refractivity contribution in [3.05, 3.63) is 35.4 Å². The Bertz CT molecular complexity index is 366. The number of unbranched alkanes of at least 4 members (excludes halogenated alkanes) is 13. The van der Waals surface area contributed by atoms with Gasteiger partial charge >= 0.3 is 0 Å². The van der Waals surface area contributed by atoms with E-state index in [1.165, 1.54) is 102 Å². The molecular formula is C23H40. The van der Waals surface area contributed by atoms with Crippen molar-refractivity contribution < 1.29 is 0 Å². The molecule has 1 aromatic rings. The van der Waals surface area contributed by atoms with Crippen molar-refractivity contribution in [2.75, 3.05) is 0 Å². The molecule has 0 spiro atoms. The Morgan fingerprint density at radius 2 is 1.00 bits per heavy atom. The smallest absolute Gasteiger partial charge is 0.0276 e. The van der Waals surface area contributed by atoms with Crippen molar-refractivity contribution in [3.8, 4) is 0 Å². The van der Waals surface area contributed by atoms with Gasteiger partial charge in [0.15, 0.2) is 0 Å². The number of hydrogen-bond acceptors (Lipinski definition) is 0. The third-order valence-corrected chi connectivity index (χ3v) is 5.06. The van der Waals surface area contributed by atoms with Gasteiger partial charge in [-0.05, 0) is 30.9 Å². The topological polar surface area (TPSA) is 0 Å². The van der Waals surface area contributed by atoms with Crippen LogP contribution in [0.5, 0.6) is 0 Å². The lowest BCUT2D eigenvalue weighted by Gasteiger charge is -2.05. The van der Waals surface area contributed by atoms with Gasteiger partial charge in [-0.15, -0.1) is 0 Å². The Kier molecular flexibility index (Phi) is 13.0. The fraction of sp³-hybridized carbons (Fsp3) is 0.739. The average molecular weight is 317 g/mol. The second-order valence-corrected chi connectivity index (χ2v) is 7.27. The Hall–Kier alpha value is -0.780. The van der Waals surface area contributed by atoms with Crippen LogP contribution < -0.4 is 0 Å². The highest BCUT2D eigenvalue weighted by Crippen LogP contribution is 2.15. The second kappa shape index (κ2) is 14.8. The molecule has 0 unspecified atom stereocenters. The molecule has 0 saturated heterocycles. The van der Waals surface area contributed by atoms with E-state index in [-0.39, 0.29) is 0 Å². The number of rotatable bonds is 15. The average Bonchev–Trinajstić information content (AvgIpc) is 2.57. The summed E-state index contributed by atoms with van der Waals surface area (Å²) in [5.41, 5.74) is 3.01. The van der Waals surface area contributed by atoms with Crippen LogP contribution in [0.15, 0.2) is 24.3 Å². The molecular weight excluding hydrogens is 276 g/mol. The van der Waals surface area contributed by atoms with E-state index in [4.69, 9.17) is 0 Å². The van der Waals surface area contributed by atoms with Crippen LogP contribution in [0.1, 0.15) is 108 Å². The SMILES string of the molecule is CCCCCCCCCCCCCCCCc1ccccc1C. The Morgan fingerprint density at radius 3 is 1.48 bits per heavy atom. The third kappa shape index (κ3) is 11.4. The molecule has 0 heterocycles. The van der Waals surface area contributed by atoms with E-state index < -0.39 is 0 Å². The molecule has 0 aliphatic rings. The molecule has 0 atom stereocenters. The minimum absolute atomic E-state index is 1.27. The first kappa shape index (κ1) is 20.3. The molecule has 0 bridgehead atoms. The quantitative estimate of drug-likeness (QED) is 0.287. The standard InChI is InChI=1S/C23H40/c1-3-4-5-6-7-8-9-10-11-12-13-14-15-16-20-23-21-18-17-19-22(23)2/h17-19,21H,3-16,20H2,1-2H3. The molecule has 132 valence electrons. The summed E-state index contributed by atoms with van der Waals surface area (Å²) < 4.78 is 0. The monoisotopic (exact) mass is 316 g/mol. The summed E-state index contributed by atoms with van der Waals surface area (Å²) in [6, 6.07) is 8.84. The van der Waals surface area contributed by atoms with E-state index in [1.54, 1.807) is 5.56 Å². The van der Waals surface area contributed by atoms with Crippen LogP contribution in [0, 0.1) is 6.92 Å². The van der Waals surface area contributed by atoms with Crippen molar-refractivity contribution in [3.63, 3.8) is 0 Å². The predicted octanol–water partition coefficient (Wildman–Crippen LogP) is 8.02. The summed E-state index contributed by atoms with van der Waals surface area (Å²) in [6.07, 6.45) is 21.5. The molecule has 23 heavy (non-hydrogen) atoms. The normalized spacial score (nSPS) is 11.0. The molecule has 0 aliphatic heterocycles. The van der Waals surface area contributed by atoms with Crippen molar-refractivity contribution >= 4 is 0 Å². The number of hydrogen-bond donors (Lipinski definition) is 0. The molecule has 1 rings (SSSR count). The van der Waals surface area contributed by atoms with Crippen molar-refractivity contribution in [2.24, 2.45) is 0 Å². The fourth-order valence-corrected chi connectivity index (χ4v) is 3.40. The van der Waals surface area contributed by atoms with E-state index >= 15 is 0 Å². The maximum Gasteiger partial charge on any atom is -0.0276 e. The van der Waals surface area contributed by atoms with Crippen LogP contribution in [-0.2, 0) is 6.42 Å². The third-order valence-electron chi connectivity index (χ3n) is 5.06. The van der Waals surface area contributed by atoms with Gasteiger partial charge in [0.25, 0.3) is 0 Å². The van der Waals surface area contributed by atoms with Gasteiger partial charge < -0.3 is 0 Å². The highest BCUT2D eigenvalue weighted by atomic mass is 14.0. The molecule has 0 radical (unpaired) electrons. The van der Waals surface area contributed by atoms with Gasteiger partial charge in [-0.1, -0.05) is 115 Å². The van der Waals surface area contributed by atoms with E-state index in [0.717, 1.165) is 0 Å². The Balaban J connectivity index is 1.79. The maximum atomic E-state index is 2.29. The summed E-state index contributed by atoms with van der Waals surface area (Å²) in [5.74, 6) is 0. The highest BCUT2D eigenvalue weighted by Gasteiger charge is 1.97. The molecule has 0 fully saturated rings. The first-order chi connectivity index (χ1) is 11.3. The molecule has 1 aromatic carbocycles. The lowest BCUT2D eigenvalue weighted by atomic mass is 10.0. The predicted molar refractivity (Wildman–Crippen MR) is 105 cm³/mol. The van der Waals surface area contributed by atoms with E-state index in [2.05, 4.69) is 38.1 Å². The number of benzene rings is 1. The van der Waals surface area contributed by atoms with Crippen LogP contribution in [0.25, 0.3) is 0 Å². The van der Waals surface area contributed by atoms with Crippen LogP contribution in [-0.4, -0.2) is 0 Å². The highest BCUT2D eigenvalue weighted by molar-refractivity contribution is 5.25. The van der Waals surface area contributed by atoms with Crippen molar-refractivity contribution in [1.29, 1.82) is 0 Å². The minimum Gasteiger partial charge on any atom is -0.0654 e.